The molecule has 2 saturated heterocycles. The Balaban J connectivity index is 1.26. The molecule has 5 heterocycles. The van der Waals surface area contributed by atoms with Gasteiger partial charge in [-0.1, -0.05) is 35.5 Å². The lowest BCUT2D eigenvalue weighted by molar-refractivity contribution is -0.145. The van der Waals surface area contributed by atoms with Crippen molar-refractivity contribution >= 4 is 17.7 Å². The lowest BCUT2D eigenvalue weighted by Gasteiger charge is -2.40. The van der Waals surface area contributed by atoms with Crippen LogP contribution < -0.4 is 5.32 Å². The number of rotatable bonds is 12. The normalized spacial score (nSPS) is 20.5. The van der Waals surface area contributed by atoms with Gasteiger partial charge in [0.15, 0.2) is 0 Å². The van der Waals surface area contributed by atoms with E-state index in [1.54, 1.807) is 22.0 Å². The summed E-state index contributed by atoms with van der Waals surface area (Å²) in [6.45, 7) is 3.94. The van der Waals surface area contributed by atoms with E-state index in [-0.39, 0.29) is 42.2 Å². The van der Waals surface area contributed by atoms with Gasteiger partial charge in [-0.2, -0.15) is 0 Å². The molecule has 7 rings (SSSR count). The second-order valence-electron chi connectivity index (χ2n) is 13.6. The predicted molar refractivity (Wildman–Crippen MR) is 183 cm³/mol. The van der Waals surface area contributed by atoms with E-state index in [2.05, 4.69) is 15.6 Å². The molecule has 0 bridgehead atoms. The highest BCUT2D eigenvalue weighted by Crippen LogP contribution is 2.39. The van der Waals surface area contributed by atoms with Gasteiger partial charge >= 0.3 is 0 Å². The summed E-state index contributed by atoms with van der Waals surface area (Å²) in [7, 11) is 0. The van der Waals surface area contributed by atoms with Gasteiger partial charge in [-0.3, -0.25) is 19.3 Å². The van der Waals surface area contributed by atoms with Crippen molar-refractivity contribution in [2.45, 2.75) is 51.0 Å². The van der Waals surface area contributed by atoms with Gasteiger partial charge in [-0.05, 0) is 49.4 Å². The average molecular weight is 715 g/mol. The van der Waals surface area contributed by atoms with E-state index < -0.39 is 41.5 Å². The number of aliphatic hydroxyl groups excluding tert-OH is 1. The average Bonchev–Trinajstić information content (AvgIpc) is 3.96. The lowest BCUT2D eigenvalue weighted by Crippen LogP contribution is -2.48. The summed E-state index contributed by atoms with van der Waals surface area (Å²) in [5, 5.41) is 22.8. The van der Waals surface area contributed by atoms with Crippen LogP contribution in [0.15, 0.2) is 73.1 Å². The van der Waals surface area contributed by atoms with Gasteiger partial charge in [0.05, 0.1) is 30.5 Å². The van der Waals surface area contributed by atoms with Crippen molar-refractivity contribution in [3.05, 3.63) is 102 Å². The van der Waals surface area contributed by atoms with Crippen LogP contribution in [0, 0.1) is 23.5 Å². The highest BCUT2D eigenvalue weighted by molar-refractivity contribution is 6.12. The van der Waals surface area contributed by atoms with Gasteiger partial charge in [0, 0.05) is 69.2 Å². The summed E-state index contributed by atoms with van der Waals surface area (Å²) >= 11 is 0. The minimum absolute atomic E-state index is 0.00217. The molecule has 4 unspecified atom stereocenters. The number of hydrogen-bond acceptors (Lipinski definition) is 9. The fourth-order valence-electron chi connectivity index (χ4n) is 7.38. The van der Waals surface area contributed by atoms with Crippen molar-refractivity contribution in [3.8, 4) is 11.3 Å². The highest BCUT2D eigenvalue weighted by Gasteiger charge is 2.41. The van der Waals surface area contributed by atoms with Crippen LogP contribution in [-0.4, -0.2) is 96.1 Å². The molecule has 0 aliphatic carbocycles. The first kappa shape index (κ1) is 35.3. The summed E-state index contributed by atoms with van der Waals surface area (Å²) < 4.78 is 39.0. The van der Waals surface area contributed by atoms with E-state index in [4.69, 9.17) is 9.72 Å². The second kappa shape index (κ2) is 15.2. The molecule has 2 N–H and O–H groups in total. The Bertz CT molecular complexity index is 1940. The summed E-state index contributed by atoms with van der Waals surface area (Å²) in [5.74, 6) is -2.40. The van der Waals surface area contributed by atoms with E-state index in [0.717, 1.165) is 28.7 Å². The fraction of sp³-hybridized carbons (Fsp3) is 0.405. The Morgan fingerprint density at radius 1 is 1.04 bits per heavy atom. The molecule has 0 saturated carbocycles. The number of hydrogen-bond donors (Lipinski definition) is 2. The first-order valence-electron chi connectivity index (χ1n) is 17.4. The van der Waals surface area contributed by atoms with Crippen LogP contribution in [0.4, 0.5) is 8.78 Å². The SMILES string of the molecule is CC(O)C(=O)N(CC1CNCC1n1cc(CN2C(=O)C=CC2=O)nn1)C(c1nc(-c2cc(F)ccc2F)cn1Cc1ccccc1)C1CCOCC1. The maximum absolute atomic E-state index is 15.2. The van der Waals surface area contributed by atoms with Gasteiger partial charge in [0.2, 0.25) is 0 Å². The molecule has 13 nitrogen and oxygen atoms in total. The molecule has 3 amide bonds. The number of amides is 3. The topological polar surface area (TPSA) is 148 Å². The van der Waals surface area contributed by atoms with Gasteiger partial charge in [0.1, 0.15) is 29.3 Å². The number of imidazole rings is 1. The first-order chi connectivity index (χ1) is 25.2. The molecule has 4 aromatic rings. The van der Waals surface area contributed by atoms with Gasteiger partial charge < -0.3 is 24.6 Å². The molecule has 3 aliphatic rings. The second-order valence-corrected chi connectivity index (χ2v) is 13.6. The molecule has 3 aliphatic heterocycles. The minimum atomic E-state index is -1.34. The monoisotopic (exact) mass is 714 g/mol. The van der Waals surface area contributed by atoms with Crippen molar-refractivity contribution in [1.82, 2.24) is 39.7 Å². The predicted octanol–water partition coefficient (Wildman–Crippen LogP) is 3.03. The number of nitrogens with zero attached hydrogens (tertiary/aromatic N) is 7. The maximum atomic E-state index is 15.2. The molecule has 4 atom stereocenters. The van der Waals surface area contributed by atoms with Crippen LogP contribution in [0.3, 0.4) is 0 Å². The number of ether oxygens (including phenoxy) is 1. The van der Waals surface area contributed by atoms with Crippen LogP contribution >= 0.6 is 0 Å². The van der Waals surface area contributed by atoms with Gasteiger partial charge in [-0.25, -0.2) is 18.4 Å². The molecular weight excluding hydrogens is 674 g/mol. The number of carbonyl (C=O) groups excluding carboxylic acids is 3. The van der Waals surface area contributed by atoms with E-state index in [1.165, 1.54) is 19.1 Å². The largest absolute Gasteiger partial charge is 0.384 e. The summed E-state index contributed by atoms with van der Waals surface area (Å²) in [6.07, 6.45) is 5.71. The molecule has 15 heteroatoms. The fourth-order valence-corrected chi connectivity index (χ4v) is 7.38. The number of nitrogens with one attached hydrogen (secondary N) is 1. The number of carbonyl (C=O) groups is 3. The van der Waals surface area contributed by atoms with Crippen molar-refractivity contribution in [3.63, 3.8) is 0 Å². The molecule has 2 aromatic carbocycles. The smallest absolute Gasteiger partial charge is 0.253 e. The van der Waals surface area contributed by atoms with E-state index in [1.807, 2.05) is 34.9 Å². The Kier molecular flexibility index (Phi) is 10.3. The number of imide groups is 1. The summed E-state index contributed by atoms with van der Waals surface area (Å²) in [6, 6.07) is 12.0. The zero-order chi connectivity index (χ0) is 36.4. The molecule has 272 valence electrons. The zero-order valence-electron chi connectivity index (χ0n) is 28.6. The number of aromatic nitrogens is 5. The van der Waals surface area contributed by atoms with Gasteiger partial charge in [0.25, 0.3) is 17.7 Å². The third-order valence-electron chi connectivity index (χ3n) is 10.0. The number of halogens is 2. The summed E-state index contributed by atoms with van der Waals surface area (Å²) in [5.41, 5.74) is 1.61. The Hall–Kier alpha value is -5.12. The Morgan fingerprint density at radius 3 is 2.52 bits per heavy atom. The Morgan fingerprint density at radius 2 is 1.79 bits per heavy atom. The first-order valence-corrected chi connectivity index (χ1v) is 17.4. The highest BCUT2D eigenvalue weighted by atomic mass is 19.1. The molecule has 0 radical (unpaired) electrons. The lowest BCUT2D eigenvalue weighted by atomic mass is 9.88. The van der Waals surface area contributed by atoms with Crippen LogP contribution in [0.1, 0.15) is 48.9 Å². The summed E-state index contributed by atoms with van der Waals surface area (Å²) in [4.78, 5) is 46.2. The van der Waals surface area contributed by atoms with Gasteiger partial charge in [-0.15, -0.1) is 5.10 Å². The van der Waals surface area contributed by atoms with E-state index in [9.17, 15) is 23.9 Å². The van der Waals surface area contributed by atoms with Crippen LogP contribution in [-0.2, 0) is 32.2 Å². The number of aliphatic hydroxyl groups is 1. The maximum Gasteiger partial charge on any atom is 0.253 e. The van der Waals surface area contributed by atoms with Crippen molar-refractivity contribution in [1.29, 1.82) is 0 Å². The minimum Gasteiger partial charge on any atom is -0.384 e. The third kappa shape index (κ3) is 7.43. The van der Waals surface area contributed by atoms with E-state index >= 15 is 4.39 Å². The molecule has 52 heavy (non-hydrogen) atoms. The van der Waals surface area contributed by atoms with Crippen LogP contribution in [0.2, 0.25) is 0 Å². The van der Waals surface area contributed by atoms with Crippen molar-refractivity contribution in [2.24, 2.45) is 11.8 Å². The van der Waals surface area contributed by atoms with Crippen molar-refractivity contribution in [2.75, 3.05) is 32.8 Å². The Labute approximate surface area is 298 Å². The van der Waals surface area contributed by atoms with E-state index in [0.29, 0.717) is 57.2 Å². The standard InChI is InChI=1S/C37H40F2N8O5/c1-23(48)37(51)46(19-26-16-40-17-32(26)47-21-28(42-43-47)20-45-33(49)9-10-34(45)50)35(25-11-13-52-14-12-25)36-41-31(29-15-27(38)7-8-30(29)39)22-44(36)18-24-5-3-2-4-6-24/h2-10,15,21-23,25-26,32,35,40,48H,11-14,16-20H2,1H3. The quantitative estimate of drug-likeness (QED) is 0.212. The van der Waals surface area contributed by atoms with Crippen molar-refractivity contribution < 1.29 is 33.0 Å². The molecule has 0 spiro atoms. The van der Waals surface area contributed by atoms with Crippen LogP contribution in [0.5, 0.6) is 0 Å². The number of benzene rings is 2. The zero-order valence-corrected chi connectivity index (χ0v) is 28.6. The molecule has 2 aromatic heterocycles. The van der Waals surface area contributed by atoms with Crippen LogP contribution in [0.25, 0.3) is 11.3 Å². The third-order valence-corrected chi connectivity index (χ3v) is 10.0. The molecule has 2 fully saturated rings. The molecular formula is C37H40F2N8O5.